The van der Waals surface area contributed by atoms with Crippen molar-refractivity contribution < 1.29 is 4.39 Å². The summed E-state index contributed by atoms with van der Waals surface area (Å²) in [7, 11) is 1.91. The molecule has 1 unspecified atom stereocenters. The summed E-state index contributed by atoms with van der Waals surface area (Å²) in [5.41, 5.74) is 0.892. The molecule has 0 saturated heterocycles. The summed E-state index contributed by atoms with van der Waals surface area (Å²) in [5.74, 6) is 0.392. The van der Waals surface area contributed by atoms with Crippen LogP contribution >= 0.6 is 11.6 Å². The zero-order chi connectivity index (χ0) is 10.8. The third kappa shape index (κ3) is 2.16. The topological polar surface area (TPSA) is 12.0 Å². The largest absolute Gasteiger partial charge is 0.313 e. The van der Waals surface area contributed by atoms with E-state index in [2.05, 4.69) is 5.32 Å². The average Bonchev–Trinajstić information content (AvgIpc) is 2.15. The molecule has 82 valence electrons. The van der Waals surface area contributed by atoms with Gasteiger partial charge < -0.3 is 5.32 Å². The standard InChI is InChI=1S/C12H15ClFN/c1-15-12(8-3-2-4-8)10-7-9(14)5-6-11(10)13/h5-8,12,15H,2-4H2,1H3. The van der Waals surface area contributed by atoms with Crippen molar-refractivity contribution in [3.05, 3.63) is 34.6 Å². The molecule has 1 aromatic carbocycles. The molecule has 1 aliphatic rings. The van der Waals surface area contributed by atoms with Gasteiger partial charge in [-0.05, 0) is 49.6 Å². The minimum absolute atomic E-state index is 0.196. The van der Waals surface area contributed by atoms with E-state index >= 15 is 0 Å². The van der Waals surface area contributed by atoms with Crippen LogP contribution in [0.2, 0.25) is 5.02 Å². The summed E-state index contributed by atoms with van der Waals surface area (Å²) < 4.78 is 13.1. The van der Waals surface area contributed by atoms with Crippen LogP contribution in [0.1, 0.15) is 30.9 Å². The van der Waals surface area contributed by atoms with E-state index in [1.807, 2.05) is 7.05 Å². The zero-order valence-corrected chi connectivity index (χ0v) is 9.52. The van der Waals surface area contributed by atoms with Gasteiger partial charge in [-0.1, -0.05) is 18.0 Å². The van der Waals surface area contributed by atoms with Crippen molar-refractivity contribution in [2.24, 2.45) is 5.92 Å². The van der Waals surface area contributed by atoms with E-state index in [1.165, 1.54) is 25.3 Å². The molecule has 2 rings (SSSR count). The molecule has 1 nitrogen and oxygen atoms in total. The van der Waals surface area contributed by atoms with E-state index in [9.17, 15) is 4.39 Å². The van der Waals surface area contributed by atoms with Gasteiger partial charge in [0.1, 0.15) is 5.82 Å². The molecule has 0 spiro atoms. The maximum absolute atomic E-state index is 13.1. The van der Waals surface area contributed by atoms with Gasteiger partial charge in [0.2, 0.25) is 0 Å². The van der Waals surface area contributed by atoms with Crippen LogP contribution < -0.4 is 5.32 Å². The van der Waals surface area contributed by atoms with E-state index in [4.69, 9.17) is 11.6 Å². The van der Waals surface area contributed by atoms with E-state index in [-0.39, 0.29) is 11.9 Å². The second kappa shape index (κ2) is 4.50. The monoisotopic (exact) mass is 227 g/mol. The lowest BCUT2D eigenvalue weighted by Gasteiger charge is -2.34. The molecule has 1 saturated carbocycles. The minimum atomic E-state index is -0.214. The Morgan fingerprint density at radius 2 is 2.20 bits per heavy atom. The van der Waals surface area contributed by atoms with Crippen LogP contribution in [0.5, 0.6) is 0 Å². The van der Waals surface area contributed by atoms with Crippen molar-refractivity contribution in [3.8, 4) is 0 Å². The molecule has 1 N–H and O–H groups in total. The highest BCUT2D eigenvalue weighted by atomic mass is 35.5. The SMILES string of the molecule is CNC(c1cc(F)ccc1Cl)C1CCC1. The summed E-state index contributed by atoms with van der Waals surface area (Å²) in [6.45, 7) is 0. The summed E-state index contributed by atoms with van der Waals surface area (Å²) in [6.07, 6.45) is 3.69. The van der Waals surface area contributed by atoms with E-state index in [0.717, 1.165) is 5.56 Å². The van der Waals surface area contributed by atoms with Crippen molar-refractivity contribution >= 4 is 11.6 Å². The number of benzene rings is 1. The molecule has 0 heterocycles. The summed E-state index contributed by atoms with van der Waals surface area (Å²) in [4.78, 5) is 0. The van der Waals surface area contributed by atoms with Gasteiger partial charge >= 0.3 is 0 Å². The lowest BCUT2D eigenvalue weighted by Crippen LogP contribution is -2.30. The van der Waals surface area contributed by atoms with E-state index < -0.39 is 0 Å². The molecule has 0 aliphatic heterocycles. The van der Waals surface area contributed by atoms with Crippen molar-refractivity contribution in [1.82, 2.24) is 5.32 Å². The Morgan fingerprint density at radius 3 is 2.73 bits per heavy atom. The Hall–Kier alpha value is -0.600. The van der Waals surface area contributed by atoms with Gasteiger partial charge in [0.05, 0.1) is 0 Å². The normalized spacial score (nSPS) is 18.6. The second-order valence-electron chi connectivity index (χ2n) is 4.12. The highest BCUT2D eigenvalue weighted by Crippen LogP contribution is 2.39. The quantitative estimate of drug-likeness (QED) is 0.833. The fraction of sp³-hybridized carbons (Fsp3) is 0.500. The summed E-state index contributed by atoms with van der Waals surface area (Å²) >= 11 is 6.09. The zero-order valence-electron chi connectivity index (χ0n) is 8.76. The van der Waals surface area contributed by atoms with Gasteiger partial charge in [0, 0.05) is 11.1 Å². The summed E-state index contributed by atoms with van der Waals surface area (Å²) in [5, 5.41) is 3.89. The lowest BCUT2D eigenvalue weighted by molar-refractivity contribution is 0.239. The van der Waals surface area contributed by atoms with Crippen LogP contribution in [-0.4, -0.2) is 7.05 Å². The van der Waals surface area contributed by atoms with Crippen molar-refractivity contribution in [2.75, 3.05) is 7.05 Å². The highest BCUT2D eigenvalue weighted by Gasteiger charge is 2.28. The van der Waals surface area contributed by atoms with Gasteiger partial charge in [0.25, 0.3) is 0 Å². The predicted octanol–water partition coefficient (Wildman–Crippen LogP) is 3.54. The van der Waals surface area contributed by atoms with Crippen LogP contribution in [0.3, 0.4) is 0 Å². The molecule has 0 amide bonds. The first-order chi connectivity index (χ1) is 7.22. The van der Waals surface area contributed by atoms with Crippen molar-refractivity contribution in [1.29, 1.82) is 0 Å². The molecule has 0 bridgehead atoms. The Labute approximate surface area is 94.6 Å². The number of rotatable bonds is 3. The van der Waals surface area contributed by atoms with Crippen molar-refractivity contribution in [2.45, 2.75) is 25.3 Å². The van der Waals surface area contributed by atoms with E-state index in [0.29, 0.717) is 10.9 Å². The Kier molecular flexibility index (Phi) is 3.27. The predicted molar refractivity (Wildman–Crippen MR) is 60.6 cm³/mol. The minimum Gasteiger partial charge on any atom is -0.313 e. The molecule has 15 heavy (non-hydrogen) atoms. The molecule has 1 fully saturated rings. The fourth-order valence-electron chi connectivity index (χ4n) is 2.17. The molecule has 1 atom stereocenters. The number of hydrogen-bond acceptors (Lipinski definition) is 1. The van der Waals surface area contributed by atoms with Crippen LogP contribution in [0.25, 0.3) is 0 Å². The molecular weight excluding hydrogens is 213 g/mol. The summed E-state index contributed by atoms with van der Waals surface area (Å²) in [6, 6.07) is 4.78. The maximum Gasteiger partial charge on any atom is 0.123 e. The van der Waals surface area contributed by atoms with Gasteiger partial charge in [-0.25, -0.2) is 4.39 Å². The molecule has 1 aliphatic carbocycles. The van der Waals surface area contributed by atoms with Crippen LogP contribution in [0.4, 0.5) is 4.39 Å². The van der Waals surface area contributed by atoms with Crippen LogP contribution in [0, 0.1) is 11.7 Å². The highest BCUT2D eigenvalue weighted by molar-refractivity contribution is 6.31. The Balaban J connectivity index is 2.28. The smallest absolute Gasteiger partial charge is 0.123 e. The lowest BCUT2D eigenvalue weighted by atomic mass is 9.77. The maximum atomic E-state index is 13.1. The van der Waals surface area contributed by atoms with Crippen LogP contribution in [0.15, 0.2) is 18.2 Å². The third-order valence-electron chi connectivity index (χ3n) is 3.23. The molecule has 1 aromatic rings. The first kappa shape index (κ1) is 10.9. The Morgan fingerprint density at radius 1 is 1.47 bits per heavy atom. The van der Waals surface area contributed by atoms with Gasteiger partial charge in [0.15, 0.2) is 0 Å². The first-order valence-corrected chi connectivity index (χ1v) is 5.72. The van der Waals surface area contributed by atoms with Crippen molar-refractivity contribution in [3.63, 3.8) is 0 Å². The molecule has 0 radical (unpaired) electrons. The van der Waals surface area contributed by atoms with E-state index in [1.54, 1.807) is 12.1 Å². The second-order valence-corrected chi connectivity index (χ2v) is 4.53. The molecule has 3 heteroatoms. The fourth-order valence-corrected chi connectivity index (χ4v) is 2.41. The van der Waals surface area contributed by atoms with Gasteiger partial charge in [-0.2, -0.15) is 0 Å². The Bertz CT molecular complexity index is 349. The van der Waals surface area contributed by atoms with Crippen LogP contribution in [-0.2, 0) is 0 Å². The third-order valence-corrected chi connectivity index (χ3v) is 3.57. The molecular formula is C12H15ClFN. The first-order valence-electron chi connectivity index (χ1n) is 5.34. The number of nitrogens with one attached hydrogen (secondary N) is 1. The average molecular weight is 228 g/mol. The number of hydrogen-bond donors (Lipinski definition) is 1. The van der Waals surface area contributed by atoms with Gasteiger partial charge in [-0.15, -0.1) is 0 Å². The van der Waals surface area contributed by atoms with Gasteiger partial charge in [-0.3, -0.25) is 0 Å². The number of halogens is 2. The molecule has 0 aromatic heterocycles.